The first-order valence-electron chi connectivity index (χ1n) is 6.78. The Balaban J connectivity index is 1.88. The van der Waals surface area contributed by atoms with Crippen molar-refractivity contribution in [3.63, 3.8) is 0 Å². The zero-order valence-corrected chi connectivity index (χ0v) is 13.4. The highest BCUT2D eigenvalue weighted by atomic mass is 79.9. The van der Waals surface area contributed by atoms with Gasteiger partial charge in [0.2, 0.25) is 5.91 Å². The van der Waals surface area contributed by atoms with Crippen LogP contribution in [0.1, 0.15) is 17.5 Å². The van der Waals surface area contributed by atoms with E-state index in [0.717, 1.165) is 10.0 Å². The molecule has 0 N–H and O–H groups in total. The van der Waals surface area contributed by atoms with Crippen LogP contribution in [0.5, 0.6) is 0 Å². The fourth-order valence-corrected chi connectivity index (χ4v) is 2.35. The molecule has 4 heteroatoms. The number of benzene rings is 2. The molecule has 0 heterocycles. The molecule has 0 aliphatic carbocycles. The van der Waals surface area contributed by atoms with Crippen molar-refractivity contribution in [1.29, 1.82) is 0 Å². The highest BCUT2D eigenvalue weighted by Gasteiger charge is 2.10. The highest BCUT2D eigenvalue weighted by molar-refractivity contribution is 9.10. The maximum absolute atomic E-state index is 13.5. The lowest BCUT2D eigenvalue weighted by Gasteiger charge is -2.17. The lowest BCUT2D eigenvalue weighted by molar-refractivity contribution is -0.130. The van der Waals surface area contributed by atoms with Crippen LogP contribution in [0, 0.1) is 5.82 Å². The molecular weight excluding hydrogens is 333 g/mol. The first kappa shape index (κ1) is 15.7. The topological polar surface area (TPSA) is 20.3 Å². The number of carbonyl (C=O) groups is 1. The third kappa shape index (κ3) is 4.67. The Kier molecular flexibility index (Phi) is 5.51. The first-order valence-corrected chi connectivity index (χ1v) is 7.57. The van der Waals surface area contributed by atoms with Crippen molar-refractivity contribution in [3.05, 3.63) is 69.9 Å². The fraction of sp³-hybridized carbons (Fsp3) is 0.235. The van der Waals surface area contributed by atoms with Crippen LogP contribution in [0.2, 0.25) is 0 Å². The highest BCUT2D eigenvalue weighted by Crippen LogP contribution is 2.13. The second-order valence-electron chi connectivity index (χ2n) is 4.97. The minimum Gasteiger partial charge on any atom is -0.341 e. The van der Waals surface area contributed by atoms with Crippen molar-refractivity contribution in [3.8, 4) is 0 Å². The predicted octanol–water partition coefficient (Wildman–Crippen LogP) is 4.18. The molecule has 0 saturated heterocycles. The quantitative estimate of drug-likeness (QED) is 0.792. The van der Waals surface area contributed by atoms with E-state index < -0.39 is 0 Å². The molecule has 0 spiro atoms. The van der Waals surface area contributed by atoms with Crippen LogP contribution in [0.25, 0.3) is 0 Å². The van der Waals surface area contributed by atoms with Gasteiger partial charge in [0.1, 0.15) is 5.82 Å². The van der Waals surface area contributed by atoms with Gasteiger partial charge in [-0.25, -0.2) is 4.39 Å². The first-order chi connectivity index (χ1) is 10.1. The van der Waals surface area contributed by atoms with E-state index in [1.54, 1.807) is 30.1 Å². The molecule has 0 saturated carbocycles. The second kappa shape index (κ2) is 7.36. The standard InChI is InChI=1S/C17H17BrFNO/c1-20(12-13-6-9-15(18)10-7-13)17(21)11-8-14-4-2-3-5-16(14)19/h2-7,9-10H,8,11-12H2,1H3. The molecule has 2 rings (SSSR count). The van der Waals surface area contributed by atoms with Gasteiger partial charge in [0.25, 0.3) is 0 Å². The molecule has 0 radical (unpaired) electrons. The van der Waals surface area contributed by atoms with E-state index in [-0.39, 0.29) is 11.7 Å². The van der Waals surface area contributed by atoms with E-state index >= 15 is 0 Å². The molecule has 110 valence electrons. The summed E-state index contributed by atoms with van der Waals surface area (Å²) in [6, 6.07) is 14.4. The van der Waals surface area contributed by atoms with Crippen LogP contribution < -0.4 is 0 Å². The number of hydrogen-bond acceptors (Lipinski definition) is 1. The molecule has 2 aromatic carbocycles. The number of nitrogens with zero attached hydrogens (tertiary/aromatic N) is 1. The van der Waals surface area contributed by atoms with E-state index in [4.69, 9.17) is 0 Å². The van der Waals surface area contributed by atoms with Crippen LogP contribution in [-0.4, -0.2) is 17.9 Å². The molecule has 21 heavy (non-hydrogen) atoms. The summed E-state index contributed by atoms with van der Waals surface area (Å²) in [7, 11) is 1.77. The minimum atomic E-state index is -0.249. The molecule has 0 aliphatic rings. The van der Waals surface area contributed by atoms with E-state index in [1.165, 1.54) is 6.07 Å². The molecule has 0 aliphatic heterocycles. The van der Waals surface area contributed by atoms with Gasteiger partial charge in [-0.15, -0.1) is 0 Å². The Hall–Kier alpha value is -1.68. The summed E-state index contributed by atoms with van der Waals surface area (Å²) in [6.07, 6.45) is 0.740. The Labute approximate surface area is 132 Å². The van der Waals surface area contributed by atoms with Crippen LogP contribution in [0.3, 0.4) is 0 Å². The van der Waals surface area contributed by atoms with E-state index in [0.29, 0.717) is 24.9 Å². The summed E-state index contributed by atoms with van der Waals surface area (Å²) in [5.74, 6) is -0.234. The summed E-state index contributed by atoms with van der Waals surface area (Å²) < 4.78 is 14.5. The Morgan fingerprint density at radius 3 is 2.48 bits per heavy atom. The Morgan fingerprint density at radius 2 is 1.81 bits per heavy atom. The molecule has 2 nitrogen and oxygen atoms in total. The van der Waals surface area contributed by atoms with Crippen molar-refractivity contribution >= 4 is 21.8 Å². The molecule has 0 aromatic heterocycles. The SMILES string of the molecule is CN(Cc1ccc(Br)cc1)C(=O)CCc1ccccc1F. The summed E-state index contributed by atoms with van der Waals surface area (Å²) in [6.45, 7) is 0.559. The molecular formula is C17H17BrFNO. The van der Waals surface area contributed by atoms with Gasteiger partial charge in [-0.05, 0) is 35.7 Å². The van der Waals surface area contributed by atoms with Gasteiger partial charge in [0.05, 0.1) is 0 Å². The van der Waals surface area contributed by atoms with Gasteiger partial charge in [0, 0.05) is 24.5 Å². The van der Waals surface area contributed by atoms with Crippen molar-refractivity contribution < 1.29 is 9.18 Å². The van der Waals surface area contributed by atoms with Crippen molar-refractivity contribution in [2.75, 3.05) is 7.05 Å². The lowest BCUT2D eigenvalue weighted by Crippen LogP contribution is -2.26. The van der Waals surface area contributed by atoms with Crippen LogP contribution in [0.15, 0.2) is 53.0 Å². The maximum atomic E-state index is 13.5. The van der Waals surface area contributed by atoms with Crippen molar-refractivity contribution in [1.82, 2.24) is 4.90 Å². The smallest absolute Gasteiger partial charge is 0.222 e. The van der Waals surface area contributed by atoms with Gasteiger partial charge >= 0.3 is 0 Å². The summed E-state index contributed by atoms with van der Waals surface area (Å²) in [4.78, 5) is 13.8. The van der Waals surface area contributed by atoms with Crippen LogP contribution in [-0.2, 0) is 17.8 Å². The minimum absolute atomic E-state index is 0.0150. The number of carbonyl (C=O) groups excluding carboxylic acids is 1. The molecule has 0 bridgehead atoms. The average molecular weight is 350 g/mol. The number of amides is 1. The van der Waals surface area contributed by atoms with Crippen LogP contribution in [0.4, 0.5) is 4.39 Å². The molecule has 1 amide bonds. The number of halogens is 2. The zero-order valence-electron chi connectivity index (χ0n) is 11.9. The Bertz CT molecular complexity index is 612. The molecule has 0 atom stereocenters. The third-order valence-corrected chi connectivity index (χ3v) is 3.85. The maximum Gasteiger partial charge on any atom is 0.222 e. The fourth-order valence-electron chi connectivity index (χ4n) is 2.09. The van der Waals surface area contributed by atoms with Crippen LogP contribution >= 0.6 is 15.9 Å². The van der Waals surface area contributed by atoms with Crippen molar-refractivity contribution in [2.45, 2.75) is 19.4 Å². The number of aryl methyl sites for hydroxylation is 1. The lowest BCUT2D eigenvalue weighted by atomic mass is 10.1. The monoisotopic (exact) mass is 349 g/mol. The predicted molar refractivity (Wildman–Crippen MR) is 85.3 cm³/mol. The third-order valence-electron chi connectivity index (χ3n) is 3.32. The van der Waals surface area contributed by atoms with Gasteiger partial charge < -0.3 is 4.90 Å². The van der Waals surface area contributed by atoms with Crippen molar-refractivity contribution in [2.24, 2.45) is 0 Å². The average Bonchev–Trinajstić information content (AvgIpc) is 2.48. The van der Waals surface area contributed by atoms with Gasteiger partial charge in [0.15, 0.2) is 0 Å². The normalized spacial score (nSPS) is 10.4. The largest absolute Gasteiger partial charge is 0.341 e. The van der Waals surface area contributed by atoms with E-state index in [1.807, 2.05) is 24.3 Å². The zero-order chi connectivity index (χ0) is 15.2. The van der Waals surface area contributed by atoms with E-state index in [9.17, 15) is 9.18 Å². The van der Waals surface area contributed by atoms with Gasteiger partial charge in [-0.1, -0.05) is 46.3 Å². The van der Waals surface area contributed by atoms with Gasteiger partial charge in [-0.3, -0.25) is 4.79 Å². The summed E-state index contributed by atoms with van der Waals surface area (Å²) >= 11 is 3.38. The number of rotatable bonds is 5. The van der Waals surface area contributed by atoms with Gasteiger partial charge in [-0.2, -0.15) is 0 Å². The Morgan fingerprint density at radius 1 is 1.14 bits per heavy atom. The summed E-state index contributed by atoms with van der Waals surface area (Å²) in [5.41, 5.74) is 1.66. The summed E-state index contributed by atoms with van der Waals surface area (Å²) in [5, 5.41) is 0. The molecule has 2 aromatic rings. The molecule has 0 unspecified atom stereocenters. The second-order valence-corrected chi connectivity index (χ2v) is 5.88. The molecule has 0 fully saturated rings. The number of hydrogen-bond donors (Lipinski definition) is 0. The van der Waals surface area contributed by atoms with E-state index in [2.05, 4.69) is 15.9 Å².